The molecule has 1 aromatic rings. The molecule has 90 valence electrons. The number of nitrogens with two attached hydrogens (primary N) is 1. The van der Waals surface area contributed by atoms with E-state index in [1.54, 1.807) is 0 Å². The molecule has 0 saturated carbocycles. The molecule has 0 aromatic heterocycles. The van der Waals surface area contributed by atoms with Gasteiger partial charge in [0.2, 0.25) is 0 Å². The number of aliphatic hydroxyl groups is 1. The van der Waals surface area contributed by atoms with Crippen molar-refractivity contribution in [3.63, 3.8) is 0 Å². The van der Waals surface area contributed by atoms with Crippen molar-refractivity contribution < 1.29 is 24.1 Å². The zero-order valence-corrected chi connectivity index (χ0v) is 9.03. The van der Waals surface area contributed by atoms with Gasteiger partial charge >= 0.3 is 0 Å². The summed E-state index contributed by atoms with van der Waals surface area (Å²) in [5.74, 6) is -1.30. The summed E-state index contributed by atoms with van der Waals surface area (Å²) in [6, 6.07) is 0.0430. The molecule has 0 aliphatic rings. The molecule has 0 fully saturated rings. The Labute approximate surface area is 92.2 Å². The maximum atomic E-state index is 13.3. The molecule has 1 unspecified atom stereocenters. The number of rotatable bonds is 4. The molecule has 0 spiro atoms. The van der Waals surface area contributed by atoms with E-state index < -0.39 is 24.2 Å². The van der Waals surface area contributed by atoms with Gasteiger partial charge in [0.1, 0.15) is 0 Å². The lowest BCUT2D eigenvalue weighted by Gasteiger charge is -2.18. The van der Waals surface area contributed by atoms with Crippen LogP contribution in [0.2, 0.25) is 0 Å². The minimum atomic E-state index is -0.945. The number of phenolic OH excluding ortho intramolecular Hbond substituents is 1. The van der Waals surface area contributed by atoms with Gasteiger partial charge in [-0.25, -0.2) is 4.39 Å². The minimum absolute atomic E-state index is 0.0122. The average Bonchev–Trinajstić information content (AvgIpc) is 2.30. The SMILES string of the molecule is COc1cc(F)c(O)c(C(N)CO)c1OC. The summed E-state index contributed by atoms with van der Waals surface area (Å²) < 4.78 is 23.2. The van der Waals surface area contributed by atoms with Gasteiger partial charge in [-0.1, -0.05) is 0 Å². The highest BCUT2D eigenvalue weighted by molar-refractivity contribution is 5.55. The molecule has 0 heterocycles. The molecule has 5 nitrogen and oxygen atoms in total. The number of hydrogen-bond acceptors (Lipinski definition) is 5. The van der Waals surface area contributed by atoms with Gasteiger partial charge < -0.3 is 25.4 Å². The predicted molar refractivity (Wildman–Crippen MR) is 55.2 cm³/mol. The topological polar surface area (TPSA) is 84.9 Å². The Morgan fingerprint density at radius 2 is 2.06 bits per heavy atom. The second kappa shape index (κ2) is 5.00. The lowest BCUT2D eigenvalue weighted by Crippen LogP contribution is -2.16. The van der Waals surface area contributed by atoms with Gasteiger partial charge in [0.15, 0.2) is 23.1 Å². The number of phenols is 1. The molecular formula is C10H14FNO4. The largest absolute Gasteiger partial charge is 0.504 e. The van der Waals surface area contributed by atoms with Crippen LogP contribution in [-0.2, 0) is 0 Å². The average molecular weight is 231 g/mol. The van der Waals surface area contributed by atoms with Crippen molar-refractivity contribution in [1.82, 2.24) is 0 Å². The molecule has 6 heteroatoms. The first-order valence-electron chi connectivity index (χ1n) is 4.56. The quantitative estimate of drug-likeness (QED) is 0.704. The molecule has 0 saturated heterocycles. The monoisotopic (exact) mass is 231 g/mol. The molecule has 0 bridgehead atoms. The lowest BCUT2D eigenvalue weighted by atomic mass is 10.0. The van der Waals surface area contributed by atoms with Crippen LogP contribution in [0.4, 0.5) is 4.39 Å². The normalized spacial score (nSPS) is 12.3. The van der Waals surface area contributed by atoms with Crippen LogP contribution in [0, 0.1) is 5.82 Å². The van der Waals surface area contributed by atoms with Gasteiger partial charge in [-0.2, -0.15) is 0 Å². The van der Waals surface area contributed by atoms with Crippen molar-refractivity contribution in [2.45, 2.75) is 6.04 Å². The number of halogens is 1. The maximum absolute atomic E-state index is 13.3. The van der Waals surface area contributed by atoms with Gasteiger partial charge in [-0.05, 0) is 0 Å². The third kappa shape index (κ3) is 2.02. The molecule has 0 amide bonds. The smallest absolute Gasteiger partial charge is 0.169 e. The molecule has 1 atom stereocenters. The fourth-order valence-electron chi connectivity index (χ4n) is 1.42. The predicted octanol–water partition coefficient (Wildman–Crippen LogP) is 0.541. The summed E-state index contributed by atoms with van der Waals surface area (Å²) in [4.78, 5) is 0. The zero-order valence-electron chi connectivity index (χ0n) is 9.03. The highest BCUT2D eigenvalue weighted by Gasteiger charge is 2.23. The highest BCUT2D eigenvalue weighted by atomic mass is 19.1. The second-order valence-corrected chi connectivity index (χ2v) is 3.15. The third-order valence-corrected chi connectivity index (χ3v) is 2.20. The Hall–Kier alpha value is -1.53. The number of aromatic hydroxyl groups is 1. The molecule has 0 radical (unpaired) electrons. The van der Waals surface area contributed by atoms with E-state index in [9.17, 15) is 9.50 Å². The molecular weight excluding hydrogens is 217 g/mol. The number of ether oxygens (including phenoxy) is 2. The number of hydrogen-bond donors (Lipinski definition) is 3. The Morgan fingerprint density at radius 3 is 2.50 bits per heavy atom. The van der Waals surface area contributed by atoms with Crippen molar-refractivity contribution in [3.05, 3.63) is 17.4 Å². The van der Waals surface area contributed by atoms with Crippen LogP contribution in [0.25, 0.3) is 0 Å². The van der Waals surface area contributed by atoms with Crippen molar-refractivity contribution >= 4 is 0 Å². The van der Waals surface area contributed by atoms with Gasteiger partial charge in [0.25, 0.3) is 0 Å². The maximum Gasteiger partial charge on any atom is 0.169 e. The van der Waals surface area contributed by atoms with Crippen LogP contribution in [0.5, 0.6) is 17.2 Å². The number of methoxy groups -OCH3 is 2. The van der Waals surface area contributed by atoms with Crippen molar-refractivity contribution in [2.75, 3.05) is 20.8 Å². The van der Waals surface area contributed by atoms with Crippen molar-refractivity contribution in [1.29, 1.82) is 0 Å². The summed E-state index contributed by atoms with van der Waals surface area (Å²) in [5, 5.41) is 18.5. The Kier molecular flexibility index (Phi) is 3.92. The van der Waals surface area contributed by atoms with Gasteiger partial charge in [0, 0.05) is 6.07 Å². The number of aliphatic hydroxyl groups excluding tert-OH is 1. The third-order valence-electron chi connectivity index (χ3n) is 2.20. The first-order chi connectivity index (χ1) is 7.56. The van der Waals surface area contributed by atoms with Gasteiger partial charge in [-0.3, -0.25) is 0 Å². The Bertz CT molecular complexity index is 384. The number of benzene rings is 1. The van der Waals surface area contributed by atoms with Crippen LogP contribution in [-0.4, -0.2) is 31.0 Å². The zero-order chi connectivity index (χ0) is 12.3. The highest BCUT2D eigenvalue weighted by Crippen LogP contribution is 2.41. The summed E-state index contributed by atoms with van der Waals surface area (Å²) in [6.45, 7) is -0.448. The fraction of sp³-hybridized carbons (Fsp3) is 0.400. The van der Waals surface area contributed by atoms with Crippen LogP contribution < -0.4 is 15.2 Å². The van der Waals surface area contributed by atoms with E-state index in [1.807, 2.05) is 0 Å². The molecule has 1 rings (SSSR count). The van der Waals surface area contributed by atoms with Gasteiger partial charge in [0.05, 0.1) is 32.4 Å². The van der Waals surface area contributed by atoms with E-state index in [2.05, 4.69) is 0 Å². The van der Waals surface area contributed by atoms with Crippen LogP contribution in [0.15, 0.2) is 6.07 Å². The first-order valence-corrected chi connectivity index (χ1v) is 4.56. The molecule has 0 aliphatic carbocycles. The molecule has 0 aliphatic heterocycles. The van der Waals surface area contributed by atoms with Crippen molar-refractivity contribution in [2.24, 2.45) is 5.73 Å². The Morgan fingerprint density at radius 1 is 1.44 bits per heavy atom. The minimum Gasteiger partial charge on any atom is -0.504 e. The van der Waals surface area contributed by atoms with E-state index in [0.717, 1.165) is 6.07 Å². The van der Waals surface area contributed by atoms with Crippen LogP contribution >= 0.6 is 0 Å². The van der Waals surface area contributed by atoms with Crippen LogP contribution in [0.1, 0.15) is 11.6 Å². The summed E-state index contributed by atoms with van der Waals surface area (Å²) in [5.41, 5.74) is 5.54. The second-order valence-electron chi connectivity index (χ2n) is 3.15. The molecule has 16 heavy (non-hydrogen) atoms. The summed E-state index contributed by atoms with van der Waals surface area (Å²) in [6.07, 6.45) is 0. The standard InChI is InChI=1S/C10H14FNO4/c1-15-7-3-5(11)9(14)8(6(12)4-13)10(7)16-2/h3,6,13-14H,4,12H2,1-2H3. The molecule has 1 aromatic carbocycles. The Balaban J connectivity index is 3.46. The van der Waals surface area contributed by atoms with E-state index >= 15 is 0 Å². The van der Waals surface area contributed by atoms with E-state index in [1.165, 1.54) is 14.2 Å². The van der Waals surface area contributed by atoms with Crippen LogP contribution in [0.3, 0.4) is 0 Å². The molecule has 4 N–H and O–H groups in total. The van der Waals surface area contributed by atoms with Gasteiger partial charge in [-0.15, -0.1) is 0 Å². The summed E-state index contributed by atoms with van der Waals surface area (Å²) in [7, 11) is 2.67. The van der Waals surface area contributed by atoms with E-state index in [4.69, 9.17) is 20.3 Å². The van der Waals surface area contributed by atoms with Crippen molar-refractivity contribution in [3.8, 4) is 17.2 Å². The first kappa shape index (κ1) is 12.5. The lowest BCUT2D eigenvalue weighted by molar-refractivity contribution is 0.258. The fourth-order valence-corrected chi connectivity index (χ4v) is 1.42. The van der Waals surface area contributed by atoms with E-state index in [0.29, 0.717) is 0 Å². The summed E-state index contributed by atoms with van der Waals surface area (Å²) >= 11 is 0. The van der Waals surface area contributed by atoms with E-state index in [-0.39, 0.29) is 17.1 Å².